The fourth-order valence-electron chi connectivity index (χ4n) is 4.25. The molecule has 0 radical (unpaired) electrons. The van der Waals surface area contributed by atoms with Gasteiger partial charge in [0.2, 0.25) is 5.91 Å². The van der Waals surface area contributed by atoms with Crippen LogP contribution in [0.4, 0.5) is 17.6 Å². The van der Waals surface area contributed by atoms with Crippen LogP contribution in [0.2, 0.25) is 5.02 Å². The Morgan fingerprint density at radius 3 is 2.66 bits per heavy atom. The van der Waals surface area contributed by atoms with E-state index in [-0.39, 0.29) is 35.2 Å². The van der Waals surface area contributed by atoms with Gasteiger partial charge in [0.1, 0.15) is 19.0 Å². The van der Waals surface area contributed by atoms with Gasteiger partial charge in [-0.1, -0.05) is 36.9 Å². The van der Waals surface area contributed by atoms with Crippen LogP contribution in [-0.4, -0.2) is 54.4 Å². The number of nitrogens with one attached hydrogen (secondary N) is 2. The van der Waals surface area contributed by atoms with Crippen LogP contribution in [0.5, 0.6) is 5.75 Å². The minimum absolute atomic E-state index is 0.0678. The summed E-state index contributed by atoms with van der Waals surface area (Å²) in [6.07, 6.45) is -1.22. The fourth-order valence-corrected chi connectivity index (χ4v) is 8.98. The number of amides is 2. The zero-order valence-corrected chi connectivity index (χ0v) is 20.3. The molecule has 2 heterocycles. The van der Waals surface area contributed by atoms with Crippen LogP contribution >= 0.6 is 19.0 Å². The first-order valence-corrected chi connectivity index (χ1v) is 13.2. The molecular weight excluding hydrogens is 511 g/mol. The van der Waals surface area contributed by atoms with Gasteiger partial charge in [0, 0.05) is 31.0 Å². The Morgan fingerprint density at radius 2 is 2.03 bits per heavy atom. The number of aliphatic hydroxyl groups excluding tert-OH is 1. The zero-order chi connectivity index (χ0) is 26.0. The number of hydrogen-bond donors (Lipinski definition) is 3. The average molecular weight is 536 g/mol. The number of fused-ring (bicyclic) bond motifs is 2. The third kappa shape index (κ3) is 6.23. The second-order valence-electron chi connectivity index (χ2n) is 8.73. The van der Waals surface area contributed by atoms with Gasteiger partial charge >= 0.3 is 6.18 Å². The van der Waals surface area contributed by atoms with Crippen LogP contribution in [0.25, 0.3) is 0 Å². The number of aliphatic hydroxyl groups is 1. The van der Waals surface area contributed by atoms with Gasteiger partial charge in [-0.05, 0) is 17.7 Å². The molecule has 2 fully saturated rings. The molecule has 2 saturated heterocycles. The topological polar surface area (TPSA) is 87.7 Å². The summed E-state index contributed by atoms with van der Waals surface area (Å²) in [5, 5.41) is 16.2. The minimum atomic E-state index is -4.55. The van der Waals surface area contributed by atoms with Gasteiger partial charge in [-0.2, -0.15) is 13.2 Å². The minimum Gasteiger partial charge on any atom is -0.484 e. The van der Waals surface area contributed by atoms with Gasteiger partial charge in [0.25, 0.3) is 5.91 Å². The van der Waals surface area contributed by atoms with Crippen LogP contribution in [0.3, 0.4) is 0 Å². The molecule has 12 heteroatoms. The first kappa shape index (κ1) is 27.2. The molecule has 2 aliphatic rings. The third-order valence-corrected chi connectivity index (χ3v) is 10.7. The normalized spacial score (nSPS) is 25.5. The third-order valence-electron chi connectivity index (χ3n) is 6.17. The lowest BCUT2D eigenvalue weighted by Crippen LogP contribution is -2.41. The number of carbonyl (C=O) groups excluding carboxylic acids is 2. The lowest BCUT2D eigenvalue weighted by molar-refractivity contribution is -0.130. The van der Waals surface area contributed by atoms with E-state index in [0.29, 0.717) is 18.7 Å². The Kier molecular flexibility index (Phi) is 7.99. The summed E-state index contributed by atoms with van der Waals surface area (Å²) < 4.78 is 56.4. The van der Waals surface area contributed by atoms with E-state index in [9.17, 15) is 32.3 Å². The second kappa shape index (κ2) is 10.3. The highest BCUT2D eigenvalue weighted by Gasteiger charge is 2.70. The van der Waals surface area contributed by atoms with E-state index in [1.807, 2.05) is 0 Å². The van der Waals surface area contributed by atoms with E-state index in [2.05, 4.69) is 23.6 Å². The maximum Gasteiger partial charge on any atom is 0.415 e. The van der Waals surface area contributed by atoms with Crippen LogP contribution in [-0.2, 0) is 9.59 Å². The molecule has 190 valence electrons. The van der Waals surface area contributed by atoms with E-state index in [1.54, 1.807) is 0 Å². The first-order chi connectivity index (χ1) is 16.3. The number of ether oxygens (including phenoxy) is 1. The Hall–Kier alpha value is -2.42. The van der Waals surface area contributed by atoms with Crippen LogP contribution < -0.4 is 15.1 Å². The van der Waals surface area contributed by atoms with Gasteiger partial charge in [-0.15, -0.1) is 0 Å². The molecule has 3 unspecified atom stereocenters. The Morgan fingerprint density at radius 1 is 1.31 bits per heavy atom. The average Bonchev–Trinajstić information content (AvgIpc) is 3.29. The maximum absolute atomic E-state index is 13.5. The van der Waals surface area contributed by atoms with Gasteiger partial charge in [0.05, 0.1) is 22.8 Å². The Bertz CT molecular complexity index is 1080. The lowest BCUT2D eigenvalue weighted by atomic mass is 9.83. The van der Waals surface area contributed by atoms with Crippen LogP contribution in [0.1, 0.15) is 12.8 Å². The predicted molar refractivity (Wildman–Crippen MR) is 126 cm³/mol. The molecule has 0 aliphatic carbocycles. The molecule has 0 saturated carbocycles. The van der Waals surface area contributed by atoms with E-state index in [1.165, 1.54) is 12.1 Å². The van der Waals surface area contributed by atoms with E-state index in [0.717, 1.165) is 18.2 Å². The number of halogens is 5. The Labute approximate surface area is 205 Å². The van der Waals surface area contributed by atoms with Gasteiger partial charge in [-0.25, -0.2) is 9.48 Å². The molecule has 2 bridgehead atoms. The summed E-state index contributed by atoms with van der Waals surface area (Å²) in [6, 6.07) is 3.78. The van der Waals surface area contributed by atoms with Gasteiger partial charge in [-0.3, -0.25) is 9.59 Å². The highest BCUT2D eigenvalue weighted by Crippen LogP contribution is 2.76. The van der Waals surface area contributed by atoms with Crippen molar-refractivity contribution in [3.8, 4) is 5.75 Å². The van der Waals surface area contributed by atoms with Gasteiger partial charge < -0.3 is 15.2 Å². The standard InChI is InChI=1S/C23H24ClF4N2O4P/c1-14(3-4-15(2)23(26,27)28)11-29-21(33)22-7-8-35(13-22,20(32)10-22)30-19(31)12-34-16-5-6-17(24)18(25)9-16/h3-6,9,20,32H,1-2,7-8,10-13H2,(H-,29,30,31,33)/p+1/b4-3-. The highest BCUT2D eigenvalue weighted by atomic mass is 35.5. The molecule has 1 aromatic rings. The summed E-state index contributed by atoms with van der Waals surface area (Å²) in [5.41, 5.74) is -1.66. The summed E-state index contributed by atoms with van der Waals surface area (Å²) >= 11 is 5.62. The number of allylic oxidation sites excluding steroid dienone is 2. The largest absolute Gasteiger partial charge is 0.484 e. The van der Waals surface area contributed by atoms with E-state index >= 15 is 0 Å². The van der Waals surface area contributed by atoms with E-state index < -0.39 is 48.8 Å². The van der Waals surface area contributed by atoms with Crippen molar-refractivity contribution in [2.75, 3.05) is 25.5 Å². The molecule has 0 spiro atoms. The summed E-state index contributed by atoms with van der Waals surface area (Å²) in [7, 11) is -2.40. The van der Waals surface area contributed by atoms with Gasteiger partial charge in [0.15, 0.2) is 12.5 Å². The molecule has 6 nitrogen and oxygen atoms in total. The van der Waals surface area contributed by atoms with Crippen LogP contribution in [0, 0.1) is 11.2 Å². The van der Waals surface area contributed by atoms with Crippen molar-refractivity contribution < 1.29 is 37.0 Å². The molecule has 2 aliphatic heterocycles. The van der Waals surface area contributed by atoms with Crippen molar-refractivity contribution in [1.82, 2.24) is 10.4 Å². The summed E-state index contributed by atoms with van der Waals surface area (Å²) in [5.74, 6) is -2.26. The monoisotopic (exact) mass is 535 g/mol. The number of benzene rings is 1. The predicted octanol–water partition coefficient (Wildman–Crippen LogP) is 4.37. The van der Waals surface area contributed by atoms with Crippen molar-refractivity contribution in [3.63, 3.8) is 0 Å². The van der Waals surface area contributed by atoms with Crippen molar-refractivity contribution >= 4 is 30.8 Å². The first-order valence-electron chi connectivity index (χ1n) is 10.6. The molecule has 3 rings (SSSR count). The van der Waals surface area contributed by atoms with Crippen molar-refractivity contribution in [3.05, 3.63) is 65.5 Å². The Balaban J connectivity index is 1.53. The lowest BCUT2D eigenvalue weighted by Gasteiger charge is -2.26. The van der Waals surface area contributed by atoms with Crippen molar-refractivity contribution in [2.45, 2.75) is 24.9 Å². The number of carbonyl (C=O) groups is 2. The molecule has 2 amide bonds. The zero-order valence-electron chi connectivity index (χ0n) is 18.6. The highest BCUT2D eigenvalue weighted by molar-refractivity contribution is 7.75. The molecular formula is C23H25ClF4N2O4P+. The number of alkyl halides is 3. The number of hydrogen-bond acceptors (Lipinski definition) is 4. The molecule has 35 heavy (non-hydrogen) atoms. The summed E-state index contributed by atoms with van der Waals surface area (Å²) in [4.78, 5) is 25.4. The van der Waals surface area contributed by atoms with Crippen LogP contribution in [0.15, 0.2) is 54.7 Å². The molecule has 3 atom stereocenters. The van der Waals surface area contributed by atoms with Crippen molar-refractivity contribution in [1.29, 1.82) is 0 Å². The maximum atomic E-state index is 13.5. The van der Waals surface area contributed by atoms with Crippen molar-refractivity contribution in [2.24, 2.45) is 5.41 Å². The fraction of sp³-hybridized carbons (Fsp3) is 0.391. The molecule has 3 N–H and O–H groups in total. The summed E-state index contributed by atoms with van der Waals surface area (Å²) in [6.45, 7) is 6.10. The smallest absolute Gasteiger partial charge is 0.415 e. The SMILES string of the molecule is C=C(/C=C\C(=C)C(F)(F)F)CNC(=O)C12CC[P+](NC(=O)COc3ccc(Cl)c(F)c3)(C1)C(O)C2. The quantitative estimate of drug-likeness (QED) is 0.249. The second-order valence-corrected chi connectivity index (χ2v) is 12.8. The molecule has 1 aromatic carbocycles. The van der Waals surface area contributed by atoms with E-state index in [4.69, 9.17) is 16.3 Å². The number of rotatable bonds is 9. The molecule has 0 aromatic heterocycles.